The zero-order valence-electron chi connectivity index (χ0n) is 10.2. The highest BCUT2D eigenvalue weighted by Crippen LogP contribution is 2.02. The summed E-state index contributed by atoms with van der Waals surface area (Å²) in [5, 5.41) is 14.6. The maximum atomic E-state index is 11.4. The van der Waals surface area contributed by atoms with Gasteiger partial charge in [-0.25, -0.2) is 4.79 Å². The first-order chi connectivity index (χ1) is 8.61. The molecule has 0 aliphatic carbocycles. The van der Waals surface area contributed by atoms with Crippen LogP contribution in [0.4, 0.5) is 0 Å². The Hall–Kier alpha value is -1.79. The van der Waals surface area contributed by atoms with Gasteiger partial charge in [-0.1, -0.05) is 5.11 Å². The van der Waals surface area contributed by atoms with E-state index in [0.717, 1.165) is 6.42 Å². The van der Waals surface area contributed by atoms with Crippen molar-refractivity contribution in [3.63, 3.8) is 0 Å². The zero-order valence-corrected chi connectivity index (χ0v) is 10.2. The van der Waals surface area contributed by atoms with Crippen LogP contribution in [0, 0.1) is 0 Å². The van der Waals surface area contributed by atoms with Crippen LogP contribution in [0.1, 0.15) is 32.1 Å². The molecule has 0 fully saturated rings. The number of aliphatic carboxylic acids is 1. The predicted molar refractivity (Wildman–Crippen MR) is 65.7 cm³/mol. The molecule has 4 N–H and O–H groups in total. The standard InChI is InChI=1S/C10H19N5O3/c11-6-2-1-4-8(10(17)18)14-9(16)5-3-7-13-15-12/h8H,1-7,11H2,(H,14,16)(H,17,18)/t8-/m0/s1. The Balaban J connectivity index is 3.95. The average Bonchev–Trinajstić information content (AvgIpc) is 2.33. The van der Waals surface area contributed by atoms with Gasteiger partial charge in [-0.3, -0.25) is 4.79 Å². The van der Waals surface area contributed by atoms with Gasteiger partial charge in [0, 0.05) is 17.9 Å². The molecule has 0 bridgehead atoms. The van der Waals surface area contributed by atoms with Gasteiger partial charge in [0.05, 0.1) is 0 Å². The molecule has 102 valence electrons. The Morgan fingerprint density at radius 3 is 2.67 bits per heavy atom. The smallest absolute Gasteiger partial charge is 0.326 e. The first-order valence-electron chi connectivity index (χ1n) is 5.85. The van der Waals surface area contributed by atoms with Crippen LogP contribution in [0.25, 0.3) is 10.4 Å². The number of carbonyl (C=O) groups excluding carboxylic acids is 1. The number of nitrogens with zero attached hydrogens (tertiary/aromatic N) is 3. The third-order valence-corrected chi connectivity index (χ3v) is 2.31. The van der Waals surface area contributed by atoms with Gasteiger partial charge >= 0.3 is 5.97 Å². The van der Waals surface area contributed by atoms with Crippen LogP contribution in [-0.2, 0) is 9.59 Å². The van der Waals surface area contributed by atoms with Crippen molar-refractivity contribution in [2.45, 2.75) is 38.1 Å². The molecule has 8 nitrogen and oxygen atoms in total. The highest BCUT2D eigenvalue weighted by molar-refractivity contribution is 5.83. The molecule has 8 heteroatoms. The van der Waals surface area contributed by atoms with Crippen molar-refractivity contribution >= 4 is 11.9 Å². The van der Waals surface area contributed by atoms with E-state index in [2.05, 4.69) is 15.3 Å². The second-order valence-corrected chi connectivity index (χ2v) is 3.80. The second kappa shape index (κ2) is 10.4. The number of unbranched alkanes of at least 4 members (excludes halogenated alkanes) is 1. The summed E-state index contributed by atoms with van der Waals surface area (Å²) in [5.74, 6) is -1.39. The lowest BCUT2D eigenvalue weighted by molar-refractivity contribution is -0.142. The van der Waals surface area contributed by atoms with Crippen molar-refractivity contribution in [2.24, 2.45) is 10.8 Å². The number of azide groups is 1. The summed E-state index contributed by atoms with van der Waals surface area (Å²) in [6, 6.07) is -0.872. The summed E-state index contributed by atoms with van der Waals surface area (Å²) in [6.45, 7) is 0.737. The summed E-state index contributed by atoms with van der Waals surface area (Å²) in [7, 11) is 0. The molecule has 0 radical (unpaired) electrons. The minimum Gasteiger partial charge on any atom is -0.480 e. The Morgan fingerprint density at radius 2 is 2.11 bits per heavy atom. The van der Waals surface area contributed by atoms with E-state index >= 15 is 0 Å². The van der Waals surface area contributed by atoms with Crippen LogP contribution < -0.4 is 11.1 Å². The van der Waals surface area contributed by atoms with Crippen LogP contribution >= 0.6 is 0 Å². The van der Waals surface area contributed by atoms with E-state index in [9.17, 15) is 9.59 Å². The van der Waals surface area contributed by atoms with Gasteiger partial charge in [0.1, 0.15) is 6.04 Å². The van der Waals surface area contributed by atoms with Crippen molar-refractivity contribution < 1.29 is 14.7 Å². The van der Waals surface area contributed by atoms with E-state index in [4.69, 9.17) is 16.4 Å². The fourth-order valence-electron chi connectivity index (χ4n) is 1.37. The van der Waals surface area contributed by atoms with Crippen molar-refractivity contribution in [2.75, 3.05) is 13.1 Å². The van der Waals surface area contributed by atoms with Crippen LogP contribution in [-0.4, -0.2) is 36.1 Å². The quantitative estimate of drug-likeness (QED) is 0.230. The monoisotopic (exact) mass is 257 g/mol. The molecule has 0 aliphatic rings. The number of carboxylic acids is 1. The van der Waals surface area contributed by atoms with Gasteiger partial charge in [-0.2, -0.15) is 0 Å². The number of amides is 1. The van der Waals surface area contributed by atoms with Crippen molar-refractivity contribution in [1.29, 1.82) is 0 Å². The molecule has 0 unspecified atom stereocenters. The number of carbonyl (C=O) groups is 2. The summed E-state index contributed by atoms with van der Waals surface area (Å²) in [6.07, 6.45) is 2.32. The molecule has 18 heavy (non-hydrogen) atoms. The van der Waals surface area contributed by atoms with Crippen molar-refractivity contribution in [1.82, 2.24) is 5.32 Å². The molecule has 0 rings (SSSR count). The number of hydrogen-bond acceptors (Lipinski definition) is 4. The molecular formula is C10H19N5O3. The lowest BCUT2D eigenvalue weighted by Crippen LogP contribution is -2.40. The van der Waals surface area contributed by atoms with Crippen LogP contribution in [0.2, 0.25) is 0 Å². The molecule has 1 atom stereocenters. The average molecular weight is 257 g/mol. The van der Waals surface area contributed by atoms with Crippen LogP contribution in [0.3, 0.4) is 0 Å². The minimum absolute atomic E-state index is 0.152. The third kappa shape index (κ3) is 8.37. The highest BCUT2D eigenvalue weighted by Gasteiger charge is 2.18. The van der Waals surface area contributed by atoms with E-state index in [-0.39, 0.29) is 18.9 Å². The van der Waals surface area contributed by atoms with E-state index in [0.29, 0.717) is 25.8 Å². The van der Waals surface area contributed by atoms with Gasteiger partial charge in [0.15, 0.2) is 0 Å². The van der Waals surface area contributed by atoms with Crippen LogP contribution in [0.5, 0.6) is 0 Å². The molecule has 1 amide bonds. The van der Waals surface area contributed by atoms with E-state index in [1.54, 1.807) is 0 Å². The highest BCUT2D eigenvalue weighted by atomic mass is 16.4. The first-order valence-corrected chi connectivity index (χ1v) is 5.85. The maximum absolute atomic E-state index is 11.4. The number of rotatable bonds is 10. The Labute approximate surface area is 105 Å². The lowest BCUT2D eigenvalue weighted by atomic mass is 10.1. The summed E-state index contributed by atoms with van der Waals surface area (Å²) in [5.41, 5.74) is 13.4. The topological polar surface area (TPSA) is 141 Å². The molecule has 0 saturated heterocycles. The number of nitrogens with two attached hydrogens (primary N) is 1. The predicted octanol–water partition coefficient (Wildman–Crippen LogP) is 0.775. The molecular weight excluding hydrogens is 238 g/mol. The first kappa shape index (κ1) is 16.2. The summed E-state index contributed by atoms with van der Waals surface area (Å²) < 4.78 is 0. The fraction of sp³-hybridized carbons (Fsp3) is 0.800. The second-order valence-electron chi connectivity index (χ2n) is 3.80. The Kier molecular flexibility index (Phi) is 9.34. The molecule has 0 aromatic rings. The number of hydrogen-bond donors (Lipinski definition) is 3. The van der Waals surface area contributed by atoms with E-state index < -0.39 is 12.0 Å². The lowest BCUT2D eigenvalue weighted by Gasteiger charge is -2.13. The molecule has 0 spiro atoms. The number of carboxylic acid groups (broad SMARTS) is 1. The fourth-order valence-corrected chi connectivity index (χ4v) is 1.37. The van der Waals surface area contributed by atoms with Gasteiger partial charge in [0.2, 0.25) is 5.91 Å². The van der Waals surface area contributed by atoms with Crippen molar-refractivity contribution in [3.05, 3.63) is 10.4 Å². The van der Waals surface area contributed by atoms with Gasteiger partial charge < -0.3 is 16.2 Å². The van der Waals surface area contributed by atoms with Gasteiger partial charge in [-0.05, 0) is 37.8 Å². The minimum atomic E-state index is -1.05. The molecule has 0 saturated carbocycles. The Morgan fingerprint density at radius 1 is 1.39 bits per heavy atom. The SMILES string of the molecule is [N-]=[N+]=NCCCC(=O)N[C@@H](CCCCN)C(=O)O. The summed E-state index contributed by atoms with van der Waals surface area (Å²) >= 11 is 0. The zero-order chi connectivity index (χ0) is 13.8. The normalized spacial score (nSPS) is 11.4. The maximum Gasteiger partial charge on any atom is 0.326 e. The third-order valence-electron chi connectivity index (χ3n) is 2.31. The van der Waals surface area contributed by atoms with Gasteiger partial charge in [-0.15, -0.1) is 0 Å². The van der Waals surface area contributed by atoms with Crippen molar-refractivity contribution in [3.8, 4) is 0 Å². The molecule has 0 heterocycles. The largest absolute Gasteiger partial charge is 0.480 e. The van der Waals surface area contributed by atoms with E-state index in [1.165, 1.54) is 0 Å². The number of nitrogens with one attached hydrogen (secondary N) is 1. The molecule has 0 aromatic carbocycles. The van der Waals surface area contributed by atoms with Gasteiger partial charge in [0.25, 0.3) is 0 Å². The molecule has 0 aromatic heterocycles. The Bertz CT molecular complexity index is 315. The summed E-state index contributed by atoms with van der Waals surface area (Å²) in [4.78, 5) is 24.9. The van der Waals surface area contributed by atoms with E-state index in [1.807, 2.05) is 0 Å². The molecule has 0 aliphatic heterocycles. The van der Waals surface area contributed by atoms with Crippen LogP contribution in [0.15, 0.2) is 5.11 Å².